The number of carbonyl (C=O) groups is 1. The van der Waals surface area contributed by atoms with Crippen molar-refractivity contribution in [3.63, 3.8) is 0 Å². The molecule has 1 fully saturated rings. The molecule has 0 spiro atoms. The highest BCUT2D eigenvalue weighted by molar-refractivity contribution is 9.10. The van der Waals surface area contributed by atoms with Gasteiger partial charge in [-0.15, -0.1) is 0 Å². The number of hydroxylamine groups is 1. The van der Waals surface area contributed by atoms with Gasteiger partial charge >= 0.3 is 0 Å². The Morgan fingerprint density at radius 1 is 1.67 bits per heavy atom. The van der Waals surface area contributed by atoms with Crippen molar-refractivity contribution in [2.24, 2.45) is 0 Å². The number of amides is 1. The van der Waals surface area contributed by atoms with Gasteiger partial charge in [0.05, 0.1) is 4.47 Å². The molecule has 8 heteroatoms. The molecule has 1 aromatic heterocycles. The van der Waals surface area contributed by atoms with Crippen molar-refractivity contribution in [1.29, 1.82) is 0 Å². The Labute approximate surface area is 98.5 Å². The SMILES string of the molecule is O=C1NOCC1Nc1ncnc(Cl)c1Br. The molecule has 0 aromatic carbocycles. The van der Waals surface area contributed by atoms with E-state index in [4.69, 9.17) is 16.4 Å². The molecule has 80 valence electrons. The predicted octanol–water partition coefficient (Wildman–Crippen LogP) is 0.734. The van der Waals surface area contributed by atoms with Crippen LogP contribution in [0.1, 0.15) is 0 Å². The summed E-state index contributed by atoms with van der Waals surface area (Å²) in [6, 6.07) is -0.465. The number of halogens is 2. The highest BCUT2D eigenvalue weighted by Crippen LogP contribution is 2.26. The number of nitrogens with zero attached hydrogens (tertiary/aromatic N) is 2. The topological polar surface area (TPSA) is 76.1 Å². The molecule has 1 aromatic rings. The molecule has 1 atom stereocenters. The third kappa shape index (κ3) is 2.19. The molecule has 0 radical (unpaired) electrons. The second kappa shape index (κ2) is 4.30. The van der Waals surface area contributed by atoms with Crippen LogP contribution < -0.4 is 10.8 Å². The number of carbonyl (C=O) groups excluding carboxylic acids is 1. The van der Waals surface area contributed by atoms with Gasteiger partial charge in [-0.2, -0.15) is 0 Å². The standard InChI is InChI=1S/C7H6BrClN4O2/c8-4-5(9)10-2-11-6(4)12-3-1-15-13-7(3)14/h2-3H,1H2,(H,13,14)(H,10,11,12). The van der Waals surface area contributed by atoms with Crippen LogP contribution in [0.25, 0.3) is 0 Å². The minimum Gasteiger partial charge on any atom is -0.355 e. The first-order valence-corrected chi connectivity index (χ1v) is 5.20. The van der Waals surface area contributed by atoms with Crippen molar-refractivity contribution >= 4 is 39.3 Å². The Bertz CT molecular complexity index is 403. The van der Waals surface area contributed by atoms with Crippen LogP contribution >= 0.6 is 27.5 Å². The Morgan fingerprint density at radius 3 is 3.13 bits per heavy atom. The zero-order valence-corrected chi connectivity index (χ0v) is 9.67. The average Bonchev–Trinajstić information content (AvgIpc) is 2.60. The molecule has 1 unspecified atom stereocenters. The molecule has 0 aliphatic carbocycles. The van der Waals surface area contributed by atoms with Gasteiger partial charge in [0.15, 0.2) is 0 Å². The van der Waals surface area contributed by atoms with E-state index in [1.54, 1.807) is 0 Å². The Morgan fingerprint density at radius 2 is 2.47 bits per heavy atom. The predicted molar refractivity (Wildman–Crippen MR) is 56.2 cm³/mol. The average molecular weight is 294 g/mol. The van der Waals surface area contributed by atoms with E-state index in [1.165, 1.54) is 6.33 Å². The second-order valence-electron chi connectivity index (χ2n) is 2.80. The van der Waals surface area contributed by atoms with Crippen LogP contribution in [0, 0.1) is 0 Å². The first-order valence-electron chi connectivity index (χ1n) is 4.02. The van der Waals surface area contributed by atoms with E-state index in [1.807, 2.05) is 0 Å². The highest BCUT2D eigenvalue weighted by atomic mass is 79.9. The van der Waals surface area contributed by atoms with Crippen molar-refractivity contribution in [1.82, 2.24) is 15.4 Å². The van der Waals surface area contributed by atoms with Gasteiger partial charge in [-0.1, -0.05) is 11.6 Å². The Kier molecular flexibility index (Phi) is 3.03. The summed E-state index contributed by atoms with van der Waals surface area (Å²) in [5.41, 5.74) is 2.23. The number of nitrogens with one attached hydrogen (secondary N) is 2. The number of anilines is 1. The van der Waals surface area contributed by atoms with Gasteiger partial charge in [0.2, 0.25) is 0 Å². The minimum atomic E-state index is -0.465. The van der Waals surface area contributed by atoms with Crippen LogP contribution in [0.5, 0.6) is 0 Å². The van der Waals surface area contributed by atoms with Crippen molar-refractivity contribution in [3.05, 3.63) is 16.0 Å². The molecule has 2 heterocycles. The van der Waals surface area contributed by atoms with E-state index in [9.17, 15) is 4.79 Å². The molecule has 15 heavy (non-hydrogen) atoms. The van der Waals surface area contributed by atoms with Crippen molar-refractivity contribution in [2.75, 3.05) is 11.9 Å². The van der Waals surface area contributed by atoms with Crippen LogP contribution in [0.15, 0.2) is 10.8 Å². The summed E-state index contributed by atoms with van der Waals surface area (Å²) in [5, 5.41) is 3.16. The van der Waals surface area contributed by atoms with Crippen molar-refractivity contribution in [3.8, 4) is 0 Å². The van der Waals surface area contributed by atoms with Gasteiger partial charge in [0.25, 0.3) is 5.91 Å². The van der Waals surface area contributed by atoms with E-state index < -0.39 is 6.04 Å². The molecule has 1 amide bonds. The summed E-state index contributed by atoms with van der Waals surface area (Å²) in [5.74, 6) is 0.220. The molecule has 0 bridgehead atoms. The van der Waals surface area contributed by atoms with Gasteiger partial charge in [0.1, 0.15) is 29.9 Å². The lowest BCUT2D eigenvalue weighted by Crippen LogP contribution is -2.31. The van der Waals surface area contributed by atoms with Crippen LogP contribution in [-0.4, -0.2) is 28.5 Å². The zero-order valence-electron chi connectivity index (χ0n) is 7.33. The Hall–Kier alpha value is -0.920. The largest absolute Gasteiger partial charge is 0.355 e. The quantitative estimate of drug-likeness (QED) is 0.786. The van der Waals surface area contributed by atoms with Crippen LogP contribution in [0.4, 0.5) is 5.82 Å². The van der Waals surface area contributed by atoms with E-state index in [0.717, 1.165) is 0 Å². The third-order valence-electron chi connectivity index (χ3n) is 1.80. The fourth-order valence-electron chi connectivity index (χ4n) is 1.06. The van der Waals surface area contributed by atoms with Crippen LogP contribution in [0.3, 0.4) is 0 Å². The summed E-state index contributed by atoms with van der Waals surface area (Å²) < 4.78 is 0.520. The molecule has 0 saturated carbocycles. The minimum absolute atomic E-state index is 0.239. The first kappa shape index (κ1) is 10.6. The molecule has 6 nitrogen and oxygen atoms in total. The number of hydrogen-bond acceptors (Lipinski definition) is 5. The van der Waals surface area contributed by atoms with E-state index >= 15 is 0 Å². The normalized spacial score (nSPS) is 20.1. The summed E-state index contributed by atoms with van der Waals surface area (Å²) in [6.07, 6.45) is 1.31. The molecule has 2 rings (SSSR count). The molecular weight excluding hydrogens is 287 g/mol. The summed E-state index contributed by atoms with van der Waals surface area (Å²) in [6.45, 7) is 0.243. The van der Waals surface area contributed by atoms with E-state index in [2.05, 4.69) is 36.7 Å². The van der Waals surface area contributed by atoms with Crippen molar-refractivity contribution < 1.29 is 9.63 Å². The maximum absolute atomic E-state index is 11.2. The lowest BCUT2D eigenvalue weighted by molar-refractivity contribution is -0.124. The lowest BCUT2D eigenvalue weighted by atomic mass is 10.3. The molecular formula is C7H6BrClN4O2. The van der Waals surface area contributed by atoms with E-state index in [-0.39, 0.29) is 17.7 Å². The third-order valence-corrected chi connectivity index (χ3v) is 3.06. The van der Waals surface area contributed by atoms with Crippen LogP contribution in [0.2, 0.25) is 5.15 Å². The molecule has 2 N–H and O–H groups in total. The first-order chi connectivity index (χ1) is 7.18. The number of rotatable bonds is 2. The zero-order chi connectivity index (χ0) is 10.8. The number of hydrogen-bond donors (Lipinski definition) is 2. The maximum atomic E-state index is 11.2. The van der Waals surface area contributed by atoms with Gasteiger partial charge in [-0.25, -0.2) is 15.4 Å². The number of aromatic nitrogens is 2. The van der Waals surface area contributed by atoms with Gasteiger partial charge < -0.3 is 5.32 Å². The summed E-state index contributed by atoms with van der Waals surface area (Å²) >= 11 is 8.98. The smallest absolute Gasteiger partial charge is 0.268 e. The van der Waals surface area contributed by atoms with E-state index in [0.29, 0.717) is 10.3 Å². The highest BCUT2D eigenvalue weighted by Gasteiger charge is 2.26. The Balaban J connectivity index is 2.17. The van der Waals surface area contributed by atoms with Crippen molar-refractivity contribution in [2.45, 2.75) is 6.04 Å². The molecule has 1 aliphatic heterocycles. The summed E-state index contributed by atoms with van der Waals surface area (Å²) in [4.78, 5) is 23.7. The lowest BCUT2D eigenvalue weighted by Gasteiger charge is -2.10. The molecule has 1 aliphatic rings. The summed E-state index contributed by atoms with van der Waals surface area (Å²) in [7, 11) is 0. The molecule has 1 saturated heterocycles. The van der Waals surface area contributed by atoms with Gasteiger partial charge in [-0.3, -0.25) is 9.63 Å². The van der Waals surface area contributed by atoms with Gasteiger partial charge in [0, 0.05) is 0 Å². The maximum Gasteiger partial charge on any atom is 0.268 e. The second-order valence-corrected chi connectivity index (χ2v) is 3.95. The van der Waals surface area contributed by atoms with Gasteiger partial charge in [-0.05, 0) is 15.9 Å². The fraction of sp³-hybridized carbons (Fsp3) is 0.286. The fourth-order valence-corrected chi connectivity index (χ4v) is 1.52. The monoisotopic (exact) mass is 292 g/mol. The van der Waals surface area contributed by atoms with Crippen LogP contribution in [-0.2, 0) is 9.63 Å².